The number of nitrogens with one attached hydrogen (secondary N) is 1. The van der Waals surface area contributed by atoms with E-state index in [4.69, 9.17) is 0 Å². The second-order valence-corrected chi connectivity index (χ2v) is 5.12. The van der Waals surface area contributed by atoms with Crippen molar-refractivity contribution in [3.8, 4) is 0 Å². The van der Waals surface area contributed by atoms with Crippen molar-refractivity contribution in [1.29, 1.82) is 0 Å². The number of ketones is 1. The number of allylic oxidation sites excluding steroid dienone is 1. The third kappa shape index (κ3) is 2.67. The Balaban J connectivity index is 2.30. The Morgan fingerprint density at radius 3 is 2.45 bits per heavy atom. The van der Waals surface area contributed by atoms with Gasteiger partial charge in [-0.05, 0) is 24.0 Å². The summed E-state index contributed by atoms with van der Waals surface area (Å²) < 4.78 is 0. The summed E-state index contributed by atoms with van der Waals surface area (Å²) in [4.78, 5) is 24.4. The van der Waals surface area contributed by atoms with Gasteiger partial charge in [0, 0.05) is 12.6 Å². The lowest BCUT2D eigenvalue weighted by atomic mass is 9.98. The highest BCUT2D eigenvalue weighted by atomic mass is 16.2. The van der Waals surface area contributed by atoms with E-state index in [1.54, 1.807) is 13.1 Å². The maximum Gasteiger partial charge on any atom is 0.255 e. The van der Waals surface area contributed by atoms with Gasteiger partial charge >= 0.3 is 0 Å². The van der Waals surface area contributed by atoms with Crippen molar-refractivity contribution >= 4 is 17.3 Å². The van der Waals surface area contributed by atoms with E-state index in [1.807, 2.05) is 18.2 Å². The van der Waals surface area contributed by atoms with Gasteiger partial charge in [-0.15, -0.1) is 0 Å². The van der Waals surface area contributed by atoms with E-state index in [1.165, 1.54) is 12.8 Å². The predicted octanol–water partition coefficient (Wildman–Crippen LogP) is 3.35. The minimum atomic E-state index is -0.267. The molecule has 1 aliphatic carbocycles. The number of hydrogen-bond donors (Lipinski definition) is 1. The molecule has 0 spiro atoms. The van der Waals surface area contributed by atoms with Crippen LogP contribution < -0.4 is 5.32 Å². The van der Waals surface area contributed by atoms with Gasteiger partial charge in [0.25, 0.3) is 5.91 Å². The van der Waals surface area contributed by atoms with Crippen LogP contribution in [0.1, 0.15) is 54.9 Å². The van der Waals surface area contributed by atoms with E-state index in [0.717, 1.165) is 30.4 Å². The van der Waals surface area contributed by atoms with E-state index in [2.05, 4.69) is 12.2 Å². The van der Waals surface area contributed by atoms with Crippen molar-refractivity contribution < 1.29 is 9.59 Å². The number of hydrogen-bond acceptors (Lipinski definition) is 2. The molecule has 0 aromatic heterocycles. The number of carbonyl (C=O) groups excluding carboxylic acids is 2. The molecule has 1 aliphatic rings. The van der Waals surface area contributed by atoms with Crippen molar-refractivity contribution in [3.05, 3.63) is 41.0 Å². The number of carbonyl (C=O) groups is 2. The molecule has 1 N–H and O–H groups in total. The Bertz CT molecular complexity index is 558. The van der Waals surface area contributed by atoms with E-state index >= 15 is 0 Å². The summed E-state index contributed by atoms with van der Waals surface area (Å²) in [6.45, 7) is 2.17. The Hall–Kier alpha value is -1.90. The predicted molar refractivity (Wildman–Crippen MR) is 80.5 cm³/mol. The normalized spacial score (nSPS) is 13.6. The first-order chi connectivity index (χ1) is 9.70. The number of unbranched alkanes of at least 4 members (excludes halogenated alkanes) is 3. The quantitative estimate of drug-likeness (QED) is 0.637. The average molecular weight is 271 g/mol. The molecule has 1 amide bonds. The van der Waals surface area contributed by atoms with E-state index in [-0.39, 0.29) is 11.7 Å². The molecule has 0 unspecified atom stereocenters. The summed E-state index contributed by atoms with van der Waals surface area (Å²) in [5.74, 6) is -0.401. The van der Waals surface area contributed by atoms with Gasteiger partial charge in [-0.1, -0.05) is 50.5 Å². The van der Waals surface area contributed by atoms with Crippen LogP contribution in [0.2, 0.25) is 0 Å². The fourth-order valence-electron chi connectivity index (χ4n) is 2.70. The zero-order valence-electron chi connectivity index (χ0n) is 12.2. The number of amides is 1. The molecule has 3 nitrogen and oxygen atoms in total. The molecule has 106 valence electrons. The summed E-state index contributed by atoms with van der Waals surface area (Å²) >= 11 is 0. The molecular formula is C17H21NO2. The second kappa shape index (κ2) is 6.51. The lowest BCUT2D eigenvalue weighted by Crippen LogP contribution is -2.23. The van der Waals surface area contributed by atoms with Crippen LogP contribution in [0.5, 0.6) is 0 Å². The van der Waals surface area contributed by atoms with Crippen LogP contribution in [0.15, 0.2) is 29.8 Å². The highest BCUT2D eigenvalue weighted by Gasteiger charge is 2.32. The average Bonchev–Trinajstić information content (AvgIpc) is 2.76. The first kappa shape index (κ1) is 14.5. The molecule has 0 atom stereocenters. The molecule has 0 fully saturated rings. The van der Waals surface area contributed by atoms with E-state index < -0.39 is 0 Å². The number of fused-ring (bicyclic) bond motifs is 1. The number of likely N-dealkylation sites (N-methyl/N-ethyl adjacent to an activating group) is 1. The van der Waals surface area contributed by atoms with Gasteiger partial charge in [-0.25, -0.2) is 0 Å². The van der Waals surface area contributed by atoms with Crippen LogP contribution in [-0.2, 0) is 4.79 Å². The van der Waals surface area contributed by atoms with E-state index in [9.17, 15) is 9.59 Å². The number of rotatable bonds is 6. The molecule has 1 aromatic rings. The van der Waals surface area contributed by atoms with Crippen LogP contribution >= 0.6 is 0 Å². The number of benzene rings is 1. The number of Topliss-reactive ketones (excluding diaryl/α,β-unsaturated/α-hetero) is 1. The van der Waals surface area contributed by atoms with Crippen molar-refractivity contribution in [1.82, 2.24) is 5.32 Å². The summed E-state index contributed by atoms with van der Waals surface area (Å²) in [6.07, 6.45) is 5.32. The highest BCUT2D eigenvalue weighted by Crippen LogP contribution is 2.36. The first-order valence-electron chi connectivity index (χ1n) is 7.30. The fourth-order valence-corrected chi connectivity index (χ4v) is 2.70. The molecule has 0 saturated carbocycles. The SMILES string of the molecule is CCCCCCC1=C(C(=O)NC)C(=O)c2ccccc21. The van der Waals surface area contributed by atoms with Gasteiger partial charge in [-0.3, -0.25) is 9.59 Å². The molecule has 20 heavy (non-hydrogen) atoms. The molecule has 0 bridgehead atoms. The van der Waals surface area contributed by atoms with Crippen LogP contribution in [0.4, 0.5) is 0 Å². The van der Waals surface area contributed by atoms with Crippen LogP contribution in [0.3, 0.4) is 0 Å². The van der Waals surface area contributed by atoms with Gasteiger partial charge < -0.3 is 5.32 Å². The lowest BCUT2D eigenvalue weighted by molar-refractivity contribution is -0.116. The fraction of sp³-hybridized carbons (Fsp3) is 0.412. The van der Waals surface area contributed by atoms with Gasteiger partial charge in [0.15, 0.2) is 5.78 Å². The molecule has 1 aromatic carbocycles. The van der Waals surface area contributed by atoms with Crippen molar-refractivity contribution in [2.45, 2.75) is 39.0 Å². The summed E-state index contributed by atoms with van der Waals surface area (Å²) in [6, 6.07) is 7.52. The Morgan fingerprint density at radius 2 is 1.80 bits per heavy atom. The minimum absolute atomic E-state index is 0.134. The Labute approximate surface area is 120 Å². The molecule has 2 rings (SSSR count). The largest absolute Gasteiger partial charge is 0.355 e. The molecule has 0 radical (unpaired) electrons. The van der Waals surface area contributed by atoms with Crippen LogP contribution in [0, 0.1) is 0 Å². The van der Waals surface area contributed by atoms with Crippen molar-refractivity contribution in [2.75, 3.05) is 7.05 Å². The third-order valence-corrected chi connectivity index (χ3v) is 3.76. The second-order valence-electron chi connectivity index (χ2n) is 5.12. The van der Waals surface area contributed by atoms with Gasteiger partial charge in [0.2, 0.25) is 0 Å². The Kier molecular flexibility index (Phi) is 4.72. The zero-order chi connectivity index (χ0) is 14.5. The standard InChI is InChI=1S/C17H21NO2/c1-3-4-5-6-10-13-12-9-7-8-11-14(12)16(19)15(13)17(20)18-2/h7-9,11H,3-6,10H2,1-2H3,(H,18,20). The monoisotopic (exact) mass is 271 g/mol. The van der Waals surface area contributed by atoms with Crippen LogP contribution in [0.25, 0.3) is 5.57 Å². The van der Waals surface area contributed by atoms with Gasteiger partial charge in [0.1, 0.15) is 0 Å². The summed E-state index contributed by atoms with van der Waals surface area (Å²) in [5, 5.41) is 2.59. The minimum Gasteiger partial charge on any atom is -0.355 e. The molecule has 0 aliphatic heterocycles. The van der Waals surface area contributed by atoms with Crippen molar-refractivity contribution in [3.63, 3.8) is 0 Å². The zero-order valence-corrected chi connectivity index (χ0v) is 12.2. The topological polar surface area (TPSA) is 46.2 Å². The lowest BCUT2D eigenvalue weighted by Gasteiger charge is -2.07. The molecule has 0 heterocycles. The van der Waals surface area contributed by atoms with Gasteiger partial charge in [0.05, 0.1) is 5.57 Å². The molecule has 0 saturated heterocycles. The third-order valence-electron chi connectivity index (χ3n) is 3.76. The summed E-state index contributed by atoms with van der Waals surface area (Å²) in [7, 11) is 1.57. The van der Waals surface area contributed by atoms with Crippen LogP contribution in [-0.4, -0.2) is 18.7 Å². The van der Waals surface area contributed by atoms with Gasteiger partial charge in [-0.2, -0.15) is 0 Å². The summed E-state index contributed by atoms with van der Waals surface area (Å²) in [5.41, 5.74) is 2.86. The van der Waals surface area contributed by atoms with E-state index in [0.29, 0.717) is 11.1 Å². The Morgan fingerprint density at radius 1 is 1.10 bits per heavy atom. The maximum absolute atomic E-state index is 12.4. The highest BCUT2D eigenvalue weighted by molar-refractivity contribution is 6.34. The molecule has 3 heteroatoms. The van der Waals surface area contributed by atoms with Crippen molar-refractivity contribution in [2.24, 2.45) is 0 Å². The molecular weight excluding hydrogens is 250 g/mol. The first-order valence-corrected chi connectivity index (χ1v) is 7.30. The smallest absolute Gasteiger partial charge is 0.255 e. The maximum atomic E-state index is 12.4.